The first-order valence-electron chi connectivity index (χ1n) is 9.93. The van der Waals surface area contributed by atoms with Gasteiger partial charge in [-0.1, -0.05) is 42.5 Å². The molecule has 0 unspecified atom stereocenters. The Balaban J connectivity index is 1.53. The number of hydrogen-bond acceptors (Lipinski definition) is 4. The van der Waals surface area contributed by atoms with Gasteiger partial charge in [-0.05, 0) is 55.4 Å². The van der Waals surface area contributed by atoms with Crippen molar-refractivity contribution in [2.45, 2.75) is 45.1 Å². The maximum atomic E-state index is 12.8. The van der Waals surface area contributed by atoms with Gasteiger partial charge >= 0.3 is 0 Å². The first-order chi connectivity index (χ1) is 13.6. The van der Waals surface area contributed by atoms with Crippen LogP contribution in [0.2, 0.25) is 0 Å². The number of hydrogen-bond donors (Lipinski definition) is 0. The van der Waals surface area contributed by atoms with E-state index in [0.29, 0.717) is 24.0 Å². The molecule has 0 radical (unpaired) electrons. The van der Waals surface area contributed by atoms with Gasteiger partial charge in [0.05, 0.1) is 11.3 Å². The predicted octanol–water partition coefficient (Wildman–Crippen LogP) is 4.78. The molecular formula is C24H23N3O. The summed E-state index contributed by atoms with van der Waals surface area (Å²) < 4.78 is 0. The van der Waals surface area contributed by atoms with Crippen LogP contribution < -0.4 is 4.90 Å². The van der Waals surface area contributed by atoms with Gasteiger partial charge in [-0.2, -0.15) is 0 Å². The van der Waals surface area contributed by atoms with Crippen LogP contribution in [0.3, 0.4) is 0 Å². The summed E-state index contributed by atoms with van der Waals surface area (Å²) in [6.07, 6.45) is 4.04. The van der Waals surface area contributed by atoms with Gasteiger partial charge in [0.25, 0.3) is 0 Å². The fourth-order valence-electron chi connectivity index (χ4n) is 4.69. The van der Waals surface area contributed by atoms with Gasteiger partial charge in [0.15, 0.2) is 5.78 Å². The third-order valence-corrected chi connectivity index (χ3v) is 6.08. The average Bonchev–Trinajstić information content (AvgIpc) is 3.03. The van der Waals surface area contributed by atoms with Crippen molar-refractivity contribution in [3.05, 3.63) is 82.7 Å². The summed E-state index contributed by atoms with van der Waals surface area (Å²) in [5, 5.41) is 0. The maximum absolute atomic E-state index is 12.8. The molecule has 0 saturated heterocycles. The molecule has 1 aromatic heterocycles. The molecule has 0 N–H and O–H groups in total. The summed E-state index contributed by atoms with van der Waals surface area (Å²) in [4.78, 5) is 24.5. The average molecular weight is 369 g/mol. The number of aryl methyl sites for hydroxylation is 1. The van der Waals surface area contributed by atoms with Crippen molar-refractivity contribution >= 4 is 17.4 Å². The lowest BCUT2D eigenvalue weighted by atomic mass is 9.81. The molecular weight excluding hydrogens is 346 g/mol. The zero-order valence-corrected chi connectivity index (χ0v) is 16.2. The lowest BCUT2D eigenvalue weighted by molar-refractivity contribution is 0.0962. The first kappa shape index (κ1) is 17.1. The van der Waals surface area contributed by atoms with E-state index in [9.17, 15) is 4.79 Å². The third-order valence-electron chi connectivity index (χ3n) is 6.08. The molecule has 2 aromatic carbocycles. The molecule has 4 nitrogen and oxygen atoms in total. The van der Waals surface area contributed by atoms with Gasteiger partial charge in [-0.25, -0.2) is 9.97 Å². The molecule has 0 spiro atoms. The fraction of sp³-hybridized carbons (Fsp3) is 0.292. The smallest absolute Gasteiger partial charge is 0.230 e. The number of benzene rings is 2. The van der Waals surface area contributed by atoms with Gasteiger partial charge in [0.1, 0.15) is 0 Å². The molecule has 3 aromatic rings. The van der Waals surface area contributed by atoms with Crippen molar-refractivity contribution in [1.29, 1.82) is 0 Å². The number of rotatable bonds is 2. The van der Waals surface area contributed by atoms with E-state index in [0.717, 1.165) is 18.5 Å². The van der Waals surface area contributed by atoms with E-state index >= 15 is 0 Å². The number of carbonyl (C=O) groups excluding carboxylic acids is 1. The molecule has 2 heterocycles. The van der Waals surface area contributed by atoms with Crippen molar-refractivity contribution < 1.29 is 4.79 Å². The highest BCUT2D eigenvalue weighted by Gasteiger charge is 2.32. The van der Waals surface area contributed by atoms with Crippen LogP contribution in [0.15, 0.2) is 54.7 Å². The second-order valence-electron chi connectivity index (χ2n) is 7.97. The molecule has 1 aliphatic carbocycles. The minimum Gasteiger partial charge on any atom is -0.307 e. The topological polar surface area (TPSA) is 46.1 Å². The molecule has 2 atom stereocenters. The monoisotopic (exact) mass is 369 g/mol. The summed E-state index contributed by atoms with van der Waals surface area (Å²) >= 11 is 0. The number of para-hydroxylation sites is 1. The van der Waals surface area contributed by atoms with E-state index in [1.807, 2.05) is 6.07 Å². The maximum Gasteiger partial charge on any atom is 0.230 e. The van der Waals surface area contributed by atoms with Crippen LogP contribution >= 0.6 is 0 Å². The van der Waals surface area contributed by atoms with Crippen molar-refractivity contribution in [3.8, 4) is 0 Å². The molecule has 0 bridgehead atoms. The molecule has 28 heavy (non-hydrogen) atoms. The highest BCUT2D eigenvalue weighted by molar-refractivity contribution is 5.98. The number of ketones is 1. The number of anilines is 2. The summed E-state index contributed by atoms with van der Waals surface area (Å²) in [5.41, 5.74) is 6.55. The van der Waals surface area contributed by atoms with Crippen molar-refractivity contribution in [3.63, 3.8) is 0 Å². The number of nitrogens with zero attached hydrogens (tertiary/aromatic N) is 3. The summed E-state index contributed by atoms with van der Waals surface area (Å²) in [7, 11) is 0. The van der Waals surface area contributed by atoms with Crippen LogP contribution in [0.4, 0.5) is 11.6 Å². The van der Waals surface area contributed by atoms with Gasteiger partial charge < -0.3 is 4.90 Å². The molecule has 2 aliphatic rings. The second kappa shape index (κ2) is 6.55. The Kier molecular flexibility index (Phi) is 4.00. The van der Waals surface area contributed by atoms with Crippen LogP contribution in [0, 0.1) is 6.92 Å². The van der Waals surface area contributed by atoms with Crippen LogP contribution in [-0.2, 0) is 12.8 Å². The Hall–Kier alpha value is -3.01. The van der Waals surface area contributed by atoms with E-state index in [1.165, 1.54) is 22.4 Å². The Bertz CT molecular complexity index is 1070. The summed E-state index contributed by atoms with van der Waals surface area (Å²) in [6, 6.07) is 17.1. The number of fused-ring (bicyclic) bond motifs is 2. The largest absolute Gasteiger partial charge is 0.307 e. The van der Waals surface area contributed by atoms with E-state index in [2.05, 4.69) is 66.2 Å². The van der Waals surface area contributed by atoms with E-state index in [1.54, 1.807) is 6.20 Å². The second-order valence-corrected chi connectivity index (χ2v) is 7.97. The normalized spacial score (nSPS) is 20.8. The van der Waals surface area contributed by atoms with E-state index < -0.39 is 0 Å². The minimum atomic E-state index is 0.149. The Morgan fingerprint density at radius 1 is 1.00 bits per heavy atom. The number of aromatic nitrogens is 2. The van der Waals surface area contributed by atoms with Crippen LogP contribution in [0.5, 0.6) is 0 Å². The van der Waals surface area contributed by atoms with Gasteiger partial charge in [-0.15, -0.1) is 0 Å². The molecule has 5 rings (SSSR count). The summed E-state index contributed by atoms with van der Waals surface area (Å²) in [6.45, 7) is 4.31. The quantitative estimate of drug-likeness (QED) is 0.652. The first-order valence-corrected chi connectivity index (χ1v) is 9.93. The highest BCUT2D eigenvalue weighted by atomic mass is 16.1. The summed E-state index contributed by atoms with van der Waals surface area (Å²) in [5.74, 6) is 1.04. The molecule has 140 valence electrons. The van der Waals surface area contributed by atoms with Crippen LogP contribution in [0.1, 0.15) is 52.0 Å². The molecule has 0 saturated carbocycles. The lowest BCUT2D eigenvalue weighted by Gasteiger charge is -2.27. The number of Topliss-reactive ketones (excluding diaryl/α,β-unsaturated/α-hetero) is 1. The predicted molar refractivity (Wildman–Crippen MR) is 110 cm³/mol. The fourth-order valence-corrected chi connectivity index (χ4v) is 4.69. The van der Waals surface area contributed by atoms with E-state index in [4.69, 9.17) is 4.98 Å². The molecule has 0 fully saturated rings. The van der Waals surface area contributed by atoms with Crippen LogP contribution in [-0.4, -0.2) is 21.8 Å². The zero-order valence-electron chi connectivity index (χ0n) is 16.2. The van der Waals surface area contributed by atoms with Gasteiger partial charge in [0.2, 0.25) is 5.95 Å². The Morgan fingerprint density at radius 3 is 2.64 bits per heavy atom. The standard InChI is InChI=1S/C24H23N3O/c1-15-7-3-5-9-19(15)18-12-21-20(23(28)13-18)14-25-24(26-21)27-16(2)11-17-8-4-6-10-22(17)27/h3-10,14,16,18H,11-13H2,1-2H3/t16-,18+/m1/s1. The molecule has 4 heteroatoms. The lowest BCUT2D eigenvalue weighted by Crippen LogP contribution is -2.28. The molecule has 1 aliphatic heterocycles. The third kappa shape index (κ3) is 2.71. The van der Waals surface area contributed by atoms with Gasteiger partial charge in [-0.3, -0.25) is 4.79 Å². The van der Waals surface area contributed by atoms with Crippen molar-refractivity contribution in [2.75, 3.05) is 4.90 Å². The van der Waals surface area contributed by atoms with Crippen molar-refractivity contribution in [2.24, 2.45) is 0 Å². The zero-order chi connectivity index (χ0) is 19.3. The Morgan fingerprint density at radius 2 is 1.79 bits per heavy atom. The van der Waals surface area contributed by atoms with Gasteiger partial charge in [0, 0.05) is 24.3 Å². The van der Waals surface area contributed by atoms with E-state index in [-0.39, 0.29) is 11.7 Å². The molecule has 0 amide bonds. The number of carbonyl (C=O) groups is 1. The minimum absolute atomic E-state index is 0.149. The Labute approximate surface area is 165 Å². The van der Waals surface area contributed by atoms with Crippen LogP contribution in [0.25, 0.3) is 0 Å². The van der Waals surface area contributed by atoms with Crippen molar-refractivity contribution in [1.82, 2.24) is 9.97 Å². The highest BCUT2D eigenvalue weighted by Crippen LogP contribution is 2.38. The SMILES string of the molecule is Cc1ccccc1[C@@H]1CC(=O)c2cnc(N3c4ccccc4C[C@H]3C)nc2C1.